The molecule has 3 heteroatoms. The van der Waals surface area contributed by atoms with Crippen LogP contribution >= 0.6 is 12.6 Å². The van der Waals surface area contributed by atoms with Gasteiger partial charge in [-0.3, -0.25) is 4.79 Å². The fraction of sp³-hybridized carbons (Fsp3) is 0.182. The van der Waals surface area contributed by atoms with Crippen LogP contribution in [-0.2, 0) is 0 Å². The van der Waals surface area contributed by atoms with Gasteiger partial charge in [0, 0.05) is 23.3 Å². The zero-order valence-electron chi connectivity index (χ0n) is 7.66. The van der Waals surface area contributed by atoms with Crippen molar-refractivity contribution in [2.24, 2.45) is 5.73 Å². The molecule has 0 spiro atoms. The molecule has 1 amide bonds. The summed E-state index contributed by atoms with van der Waals surface area (Å²) in [5.41, 5.74) is 6.44. The number of hydrogen-bond donors (Lipinski definition) is 2. The zero-order valence-corrected chi connectivity index (χ0v) is 8.55. The van der Waals surface area contributed by atoms with Crippen molar-refractivity contribution in [2.75, 3.05) is 5.75 Å². The van der Waals surface area contributed by atoms with E-state index in [0.29, 0.717) is 5.56 Å². The van der Waals surface area contributed by atoms with Gasteiger partial charge in [0.2, 0.25) is 5.91 Å². The summed E-state index contributed by atoms with van der Waals surface area (Å²) >= 11 is 4.04. The SMILES string of the molecule is NC(=O)c1cccc(C#CCCS)c1. The van der Waals surface area contributed by atoms with Crippen molar-refractivity contribution in [2.45, 2.75) is 6.42 Å². The molecule has 1 aromatic carbocycles. The van der Waals surface area contributed by atoms with E-state index >= 15 is 0 Å². The molecule has 0 aliphatic heterocycles. The van der Waals surface area contributed by atoms with Crippen molar-refractivity contribution in [1.82, 2.24) is 0 Å². The van der Waals surface area contributed by atoms with Crippen LogP contribution in [0.1, 0.15) is 22.3 Å². The maximum absolute atomic E-state index is 10.8. The number of hydrogen-bond acceptors (Lipinski definition) is 2. The Morgan fingerprint density at radius 3 is 2.93 bits per heavy atom. The largest absolute Gasteiger partial charge is 0.366 e. The van der Waals surface area contributed by atoms with E-state index in [-0.39, 0.29) is 0 Å². The van der Waals surface area contributed by atoms with Crippen LogP contribution < -0.4 is 5.73 Å². The maximum Gasteiger partial charge on any atom is 0.248 e. The van der Waals surface area contributed by atoms with Crippen molar-refractivity contribution >= 4 is 18.5 Å². The number of benzene rings is 1. The smallest absolute Gasteiger partial charge is 0.248 e. The molecule has 0 aliphatic rings. The first kappa shape index (κ1) is 10.7. The van der Waals surface area contributed by atoms with Crippen molar-refractivity contribution in [3.63, 3.8) is 0 Å². The Balaban J connectivity index is 2.85. The number of rotatable bonds is 2. The lowest BCUT2D eigenvalue weighted by Crippen LogP contribution is -2.10. The van der Waals surface area contributed by atoms with Crippen LogP contribution in [0, 0.1) is 11.8 Å². The van der Waals surface area contributed by atoms with Crippen LogP contribution in [0.3, 0.4) is 0 Å². The second-order valence-electron chi connectivity index (χ2n) is 2.72. The summed E-state index contributed by atoms with van der Waals surface area (Å²) in [4.78, 5) is 10.8. The van der Waals surface area contributed by atoms with Crippen LogP contribution in [-0.4, -0.2) is 11.7 Å². The number of amides is 1. The van der Waals surface area contributed by atoms with E-state index in [4.69, 9.17) is 5.73 Å². The molecular formula is C11H11NOS. The van der Waals surface area contributed by atoms with Gasteiger partial charge in [0.15, 0.2) is 0 Å². The van der Waals surface area contributed by atoms with Crippen molar-refractivity contribution < 1.29 is 4.79 Å². The molecule has 0 aromatic heterocycles. The number of thiol groups is 1. The van der Waals surface area contributed by atoms with E-state index in [1.165, 1.54) is 0 Å². The molecule has 72 valence electrons. The normalized spacial score (nSPS) is 8.93. The third-order valence-electron chi connectivity index (χ3n) is 1.62. The van der Waals surface area contributed by atoms with Crippen molar-refractivity contribution in [3.8, 4) is 11.8 Å². The lowest BCUT2D eigenvalue weighted by molar-refractivity contribution is 0.100. The van der Waals surface area contributed by atoms with Crippen LogP contribution in [0.15, 0.2) is 24.3 Å². The predicted molar refractivity (Wildman–Crippen MR) is 60.3 cm³/mol. The molecule has 0 saturated heterocycles. The lowest BCUT2D eigenvalue weighted by Gasteiger charge is -1.94. The van der Waals surface area contributed by atoms with Crippen LogP contribution in [0.4, 0.5) is 0 Å². The molecule has 14 heavy (non-hydrogen) atoms. The van der Waals surface area contributed by atoms with Gasteiger partial charge < -0.3 is 5.73 Å². The second kappa shape index (κ2) is 5.36. The minimum atomic E-state index is -0.428. The molecule has 1 rings (SSSR count). The second-order valence-corrected chi connectivity index (χ2v) is 3.17. The molecule has 1 aromatic rings. The topological polar surface area (TPSA) is 43.1 Å². The van der Waals surface area contributed by atoms with Crippen LogP contribution in [0.25, 0.3) is 0 Å². The van der Waals surface area contributed by atoms with Gasteiger partial charge in [-0.2, -0.15) is 12.6 Å². The summed E-state index contributed by atoms with van der Waals surface area (Å²) in [6.45, 7) is 0. The highest BCUT2D eigenvalue weighted by molar-refractivity contribution is 7.80. The number of carbonyl (C=O) groups is 1. The Morgan fingerprint density at radius 2 is 2.29 bits per heavy atom. The minimum absolute atomic E-state index is 0.428. The molecule has 0 fully saturated rings. The van der Waals surface area contributed by atoms with Gasteiger partial charge in [-0.15, -0.1) is 0 Å². The van der Waals surface area contributed by atoms with Gasteiger partial charge in [-0.05, 0) is 18.2 Å². The average molecular weight is 205 g/mol. The van der Waals surface area contributed by atoms with Crippen molar-refractivity contribution in [3.05, 3.63) is 35.4 Å². The summed E-state index contributed by atoms with van der Waals surface area (Å²) in [6, 6.07) is 6.97. The summed E-state index contributed by atoms with van der Waals surface area (Å²) in [6.07, 6.45) is 0.740. The molecule has 0 saturated carbocycles. The van der Waals surface area contributed by atoms with Gasteiger partial charge in [0.25, 0.3) is 0 Å². The molecule has 0 bridgehead atoms. The molecular weight excluding hydrogens is 194 g/mol. The van der Waals surface area contributed by atoms with E-state index in [1.807, 2.05) is 6.07 Å². The van der Waals surface area contributed by atoms with E-state index in [1.54, 1.807) is 18.2 Å². The molecule has 2 nitrogen and oxygen atoms in total. The quantitative estimate of drug-likeness (QED) is 0.557. The van der Waals surface area contributed by atoms with E-state index in [0.717, 1.165) is 17.7 Å². The molecule has 0 aliphatic carbocycles. The van der Waals surface area contributed by atoms with E-state index in [2.05, 4.69) is 24.5 Å². The fourth-order valence-electron chi connectivity index (χ4n) is 0.971. The molecule has 0 radical (unpaired) electrons. The first-order chi connectivity index (χ1) is 6.74. The van der Waals surface area contributed by atoms with Crippen LogP contribution in [0.2, 0.25) is 0 Å². The van der Waals surface area contributed by atoms with Gasteiger partial charge in [-0.25, -0.2) is 0 Å². The number of nitrogens with two attached hydrogens (primary N) is 1. The highest BCUT2D eigenvalue weighted by Crippen LogP contribution is 2.03. The average Bonchev–Trinajstić information content (AvgIpc) is 2.19. The number of carbonyl (C=O) groups excluding carboxylic acids is 1. The molecule has 0 atom stereocenters. The zero-order chi connectivity index (χ0) is 10.4. The first-order valence-electron chi connectivity index (χ1n) is 4.23. The lowest BCUT2D eigenvalue weighted by atomic mass is 10.1. The summed E-state index contributed by atoms with van der Waals surface area (Å²) in [5.74, 6) is 6.18. The molecule has 2 N–H and O–H groups in total. The Kier molecular flexibility index (Phi) is 4.09. The highest BCUT2D eigenvalue weighted by atomic mass is 32.1. The summed E-state index contributed by atoms with van der Waals surface area (Å²) in [7, 11) is 0. The Hall–Kier alpha value is -1.40. The van der Waals surface area contributed by atoms with E-state index < -0.39 is 5.91 Å². The standard InChI is InChI=1S/C11H11NOS/c12-11(13)10-6-3-5-9(8-10)4-1-2-7-14/h3,5-6,8,14H,2,7H2,(H2,12,13). The molecule has 0 unspecified atom stereocenters. The van der Waals surface area contributed by atoms with Gasteiger partial charge in [-0.1, -0.05) is 17.9 Å². The number of primary amides is 1. The van der Waals surface area contributed by atoms with Crippen molar-refractivity contribution in [1.29, 1.82) is 0 Å². The Morgan fingerprint density at radius 1 is 1.50 bits per heavy atom. The first-order valence-corrected chi connectivity index (χ1v) is 4.87. The third kappa shape index (κ3) is 3.15. The maximum atomic E-state index is 10.8. The minimum Gasteiger partial charge on any atom is -0.366 e. The van der Waals surface area contributed by atoms with Gasteiger partial charge in [0.05, 0.1) is 0 Å². The van der Waals surface area contributed by atoms with E-state index in [9.17, 15) is 4.79 Å². The third-order valence-corrected chi connectivity index (χ3v) is 1.84. The molecule has 0 heterocycles. The monoisotopic (exact) mass is 205 g/mol. The van der Waals surface area contributed by atoms with Crippen LogP contribution in [0.5, 0.6) is 0 Å². The summed E-state index contributed by atoms with van der Waals surface area (Å²) in [5, 5.41) is 0. The fourth-order valence-corrected chi connectivity index (χ4v) is 1.08. The van der Waals surface area contributed by atoms with Gasteiger partial charge in [0.1, 0.15) is 0 Å². The van der Waals surface area contributed by atoms with Gasteiger partial charge >= 0.3 is 0 Å². The summed E-state index contributed by atoms with van der Waals surface area (Å²) < 4.78 is 0. The predicted octanol–water partition coefficient (Wildman–Crippen LogP) is 1.46. The Labute approximate surface area is 88.9 Å². The highest BCUT2D eigenvalue weighted by Gasteiger charge is 1.98. The Bertz CT molecular complexity index is 390.